The van der Waals surface area contributed by atoms with E-state index in [1.54, 1.807) is 0 Å². The monoisotopic (exact) mass is 251 g/mol. The average Bonchev–Trinajstić information content (AvgIpc) is 2.78. The number of nitrogens with zero attached hydrogens (tertiary/aromatic N) is 2. The Bertz CT molecular complexity index is 386. The van der Waals surface area contributed by atoms with Gasteiger partial charge in [0.1, 0.15) is 0 Å². The molecule has 0 saturated heterocycles. The normalized spacial score (nSPS) is 23.0. The number of hydrogen-bond donors (Lipinski definition) is 1. The highest BCUT2D eigenvalue weighted by atomic mass is 16.5. The van der Waals surface area contributed by atoms with Gasteiger partial charge in [-0.25, -0.2) is 0 Å². The predicted molar refractivity (Wildman–Crippen MR) is 71.2 cm³/mol. The lowest BCUT2D eigenvalue weighted by Crippen LogP contribution is -2.09. The third-order valence-corrected chi connectivity index (χ3v) is 4.23. The standard InChI is InChI=1S/C14H25N3O/c1-4-10(7-8-15)5-6-12-16-13(17-18-12)11-9-14(11,2)3/h10-11H,4-9,15H2,1-3H3. The summed E-state index contributed by atoms with van der Waals surface area (Å²) < 4.78 is 5.34. The molecule has 0 aliphatic heterocycles. The van der Waals surface area contributed by atoms with Crippen LogP contribution >= 0.6 is 0 Å². The van der Waals surface area contributed by atoms with Crippen molar-refractivity contribution in [2.75, 3.05) is 6.54 Å². The van der Waals surface area contributed by atoms with Crippen LogP contribution in [0.2, 0.25) is 0 Å². The molecule has 0 radical (unpaired) electrons. The Morgan fingerprint density at radius 1 is 1.44 bits per heavy atom. The van der Waals surface area contributed by atoms with E-state index in [2.05, 4.69) is 30.9 Å². The van der Waals surface area contributed by atoms with E-state index < -0.39 is 0 Å². The zero-order valence-electron chi connectivity index (χ0n) is 11.8. The molecular weight excluding hydrogens is 226 g/mol. The van der Waals surface area contributed by atoms with E-state index in [9.17, 15) is 0 Å². The van der Waals surface area contributed by atoms with Gasteiger partial charge in [0.15, 0.2) is 5.82 Å². The molecule has 102 valence electrons. The summed E-state index contributed by atoms with van der Waals surface area (Å²) in [4.78, 5) is 4.53. The van der Waals surface area contributed by atoms with Crippen LogP contribution in [-0.2, 0) is 6.42 Å². The van der Waals surface area contributed by atoms with Crippen LogP contribution in [0.3, 0.4) is 0 Å². The molecule has 1 aliphatic carbocycles. The van der Waals surface area contributed by atoms with Gasteiger partial charge in [-0.1, -0.05) is 32.3 Å². The van der Waals surface area contributed by atoms with Gasteiger partial charge in [-0.15, -0.1) is 0 Å². The van der Waals surface area contributed by atoms with E-state index in [-0.39, 0.29) is 0 Å². The van der Waals surface area contributed by atoms with Crippen LogP contribution in [0, 0.1) is 11.3 Å². The Hall–Kier alpha value is -0.900. The van der Waals surface area contributed by atoms with E-state index in [0.29, 0.717) is 17.3 Å². The Labute approximate surface area is 109 Å². The molecule has 1 aliphatic rings. The number of nitrogens with two attached hydrogens (primary N) is 1. The van der Waals surface area contributed by atoms with Crippen molar-refractivity contribution < 1.29 is 4.52 Å². The van der Waals surface area contributed by atoms with Crippen LogP contribution < -0.4 is 5.73 Å². The fraction of sp³-hybridized carbons (Fsp3) is 0.857. The molecule has 0 spiro atoms. The van der Waals surface area contributed by atoms with E-state index >= 15 is 0 Å². The molecule has 1 aromatic heterocycles. The minimum absolute atomic E-state index is 0.368. The van der Waals surface area contributed by atoms with Crippen LogP contribution in [0.15, 0.2) is 4.52 Å². The molecule has 4 heteroatoms. The van der Waals surface area contributed by atoms with Gasteiger partial charge in [0.25, 0.3) is 0 Å². The summed E-state index contributed by atoms with van der Waals surface area (Å²) in [7, 11) is 0. The second kappa shape index (κ2) is 5.39. The minimum atomic E-state index is 0.368. The lowest BCUT2D eigenvalue weighted by Gasteiger charge is -2.11. The van der Waals surface area contributed by atoms with Crippen LogP contribution in [0.4, 0.5) is 0 Å². The van der Waals surface area contributed by atoms with E-state index in [1.807, 2.05) is 0 Å². The third kappa shape index (κ3) is 3.10. The lowest BCUT2D eigenvalue weighted by atomic mass is 9.97. The van der Waals surface area contributed by atoms with Gasteiger partial charge in [0.05, 0.1) is 0 Å². The summed E-state index contributed by atoms with van der Waals surface area (Å²) in [5, 5.41) is 4.11. The van der Waals surface area contributed by atoms with Crippen molar-refractivity contribution in [3.63, 3.8) is 0 Å². The average molecular weight is 251 g/mol. The van der Waals surface area contributed by atoms with Crippen molar-refractivity contribution in [3.05, 3.63) is 11.7 Å². The van der Waals surface area contributed by atoms with Gasteiger partial charge in [-0.05, 0) is 37.1 Å². The quantitative estimate of drug-likeness (QED) is 0.809. The molecular formula is C14H25N3O. The summed E-state index contributed by atoms with van der Waals surface area (Å²) in [5.41, 5.74) is 5.97. The fourth-order valence-corrected chi connectivity index (χ4v) is 2.53. The molecule has 1 saturated carbocycles. The zero-order chi connectivity index (χ0) is 13.2. The van der Waals surface area contributed by atoms with Crippen molar-refractivity contribution in [1.82, 2.24) is 10.1 Å². The Kier molecular flexibility index (Phi) is 4.05. The van der Waals surface area contributed by atoms with E-state index in [0.717, 1.165) is 37.5 Å². The molecule has 2 N–H and O–H groups in total. The maximum atomic E-state index is 5.60. The molecule has 0 bridgehead atoms. The van der Waals surface area contributed by atoms with E-state index in [4.69, 9.17) is 10.3 Å². The summed E-state index contributed by atoms with van der Waals surface area (Å²) in [6.45, 7) is 7.49. The summed E-state index contributed by atoms with van der Waals surface area (Å²) >= 11 is 0. The smallest absolute Gasteiger partial charge is 0.226 e. The van der Waals surface area contributed by atoms with Crippen molar-refractivity contribution in [1.29, 1.82) is 0 Å². The van der Waals surface area contributed by atoms with Crippen LogP contribution in [0.1, 0.15) is 64.1 Å². The van der Waals surface area contributed by atoms with Gasteiger partial charge in [0, 0.05) is 12.3 Å². The Morgan fingerprint density at radius 2 is 2.17 bits per heavy atom. The SMILES string of the molecule is CCC(CCN)CCc1nc(C2CC2(C)C)no1. The second-order valence-corrected chi connectivity index (χ2v) is 6.18. The zero-order valence-corrected chi connectivity index (χ0v) is 11.8. The van der Waals surface area contributed by atoms with Crippen LogP contribution in [0.5, 0.6) is 0 Å². The highest BCUT2D eigenvalue weighted by Gasteiger charge is 2.49. The van der Waals surface area contributed by atoms with Crippen molar-refractivity contribution >= 4 is 0 Å². The highest BCUT2D eigenvalue weighted by Crippen LogP contribution is 2.57. The molecule has 4 nitrogen and oxygen atoms in total. The fourth-order valence-electron chi connectivity index (χ4n) is 2.53. The van der Waals surface area contributed by atoms with Crippen molar-refractivity contribution in [2.45, 2.75) is 58.8 Å². The maximum absolute atomic E-state index is 5.60. The van der Waals surface area contributed by atoms with Crippen LogP contribution in [-0.4, -0.2) is 16.7 Å². The number of hydrogen-bond acceptors (Lipinski definition) is 4. The molecule has 0 aromatic carbocycles. The highest BCUT2D eigenvalue weighted by molar-refractivity contribution is 5.14. The van der Waals surface area contributed by atoms with Gasteiger partial charge in [0.2, 0.25) is 5.89 Å². The molecule has 2 atom stereocenters. The minimum Gasteiger partial charge on any atom is -0.339 e. The topological polar surface area (TPSA) is 64.9 Å². The van der Waals surface area contributed by atoms with Crippen molar-refractivity contribution in [3.8, 4) is 0 Å². The first kappa shape index (κ1) is 13.5. The predicted octanol–water partition coefficient (Wildman–Crippen LogP) is 2.89. The lowest BCUT2D eigenvalue weighted by molar-refractivity contribution is 0.350. The molecule has 18 heavy (non-hydrogen) atoms. The van der Waals surface area contributed by atoms with Crippen LogP contribution in [0.25, 0.3) is 0 Å². The number of aryl methyl sites for hydroxylation is 1. The number of aromatic nitrogens is 2. The molecule has 2 unspecified atom stereocenters. The maximum Gasteiger partial charge on any atom is 0.226 e. The first-order valence-corrected chi connectivity index (χ1v) is 7.09. The molecule has 1 aromatic rings. The van der Waals surface area contributed by atoms with Gasteiger partial charge < -0.3 is 10.3 Å². The summed E-state index contributed by atoms with van der Waals surface area (Å²) in [6, 6.07) is 0. The Morgan fingerprint density at radius 3 is 2.72 bits per heavy atom. The summed E-state index contributed by atoms with van der Waals surface area (Å²) in [5.74, 6) is 2.88. The van der Waals surface area contributed by atoms with Gasteiger partial charge in [-0.2, -0.15) is 4.98 Å². The molecule has 1 heterocycles. The van der Waals surface area contributed by atoms with Gasteiger partial charge in [-0.3, -0.25) is 0 Å². The van der Waals surface area contributed by atoms with Crippen molar-refractivity contribution in [2.24, 2.45) is 17.1 Å². The molecule has 0 amide bonds. The number of rotatable bonds is 7. The second-order valence-electron chi connectivity index (χ2n) is 6.18. The summed E-state index contributed by atoms with van der Waals surface area (Å²) in [6.07, 6.45) is 5.43. The van der Waals surface area contributed by atoms with Gasteiger partial charge >= 0.3 is 0 Å². The Balaban J connectivity index is 1.84. The molecule has 1 fully saturated rings. The largest absolute Gasteiger partial charge is 0.339 e. The first-order chi connectivity index (χ1) is 8.56. The molecule has 2 rings (SSSR count). The first-order valence-electron chi connectivity index (χ1n) is 7.09. The third-order valence-electron chi connectivity index (χ3n) is 4.23. The van der Waals surface area contributed by atoms with E-state index in [1.165, 1.54) is 12.8 Å².